The lowest BCUT2D eigenvalue weighted by Crippen LogP contribution is -2.52. The minimum absolute atomic E-state index is 0.0868. The van der Waals surface area contributed by atoms with Crippen LogP contribution in [-0.2, 0) is 20.7 Å². The molecule has 1 N–H and O–H groups in total. The van der Waals surface area contributed by atoms with Gasteiger partial charge in [0.15, 0.2) is 0 Å². The first-order valence-electron chi connectivity index (χ1n) is 8.63. The number of fused-ring (bicyclic) bond motifs is 5. The van der Waals surface area contributed by atoms with Crippen molar-refractivity contribution in [2.75, 3.05) is 13.7 Å². The molecule has 3 atom stereocenters. The summed E-state index contributed by atoms with van der Waals surface area (Å²) in [4.78, 5) is 30.6. The van der Waals surface area contributed by atoms with E-state index in [4.69, 9.17) is 4.74 Å². The minimum Gasteiger partial charge on any atom is -0.469 e. The standard InChI is InChI=1S/C19H22N2O3/c1-3-11-10-14(19(23)24-2)17-16-13(8-9-21(17)18(11)22)12-6-4-5-7-15(12)20-16/h4-7,11,14,17,20H,3,8-10H2,1-2H3/t11-,14+,17-/m1/s1. The van der Waals surface area contributed by atoms with Gasteiger partial charge in [-0.1, -0.05) is 25.1 Å². The number of amides is 1. The fourth-order valence-electron chi connectivity index (χ4n) is 4.42. The molecule has 1 amide bonds. The van der Waals surface area contributed by atoms with Gasteiger partial charge < -0.3 is 14.6 Å². The van der Waals surface area contributed by atoms with Gasteiger partial charge in [-0.2, -0.15) is 0 Å². The molecule has 1 aromatic heterocycles. The number of nitrogens with one attached hydrogen (secondary N) is 1. The molecule has 1 aromatic carbocycles. The van der Waals surface area contributed by atoms with E-state index in [2.05, 4.69) is 11.1 Å². The molecule has 1 saturated heterocycles. The van der Waals surface area contributed by atoms with Crippen LogP contribution in [0, 0.1) is 11.8 Å². The third-order valence-electron chi connectivity index (χ3n) is 5.63. The van der Waals surface area contributed by atoms with Gasteiger partial charge in [-0.15, -0.1) is 0 Å². The van der Waals surface area contributed by atoms with E-state index >= 15 is 0 Å². The van der Waals surface area contributed by atoms with Crippen molar-refractivity contribution in [1.29, 1.82) is 0 Å². The number of piperidine rings is 1. The molecule has 4 rings (SSSR count). The van der Waals surface area contributed by atoms with Crippen LogP contribution in [0.2, 0.25) is 0 Å². The van der Waals surface area contributed by atoms with Gasteiger partial charge in [-0.3, -0.25) is 9.59 Å². The maximum atomic E-state index is 12.8. The number of benzene rings is 1. The fraction of sp³-hybridized carbons (Fsp3) is 0.474. The van der Waals surface area contributed by atoms with Crippen LogP contribution in [0.1, 0.15) is 37.1 Å². The summed E-state index contributed by atoms with van der Waals surface area (Å²) >= 11 is 0. The normalized spacial score (nSPS) is 26.2. The molecule has 0 unspecified atom stereocenters. The van der Waals surface area contributed by atoms with Crippen molar-refractivity contribution in [2.24, 2.45) is 11.8 Å². The van der Waals surface area contributed by atoms with Crippen molar-refractivity contribution < 1.29 is 14.3 Å². The molecule has 0 bridgehead atoms. The maximum Gasteiger partial charge on any atom is 0.311 e. The number of H-pyrrole nitrogens is 1. The van der Waals surface area contributed by atoms with Crippen LogP contribution in [0.4, 0.5) is 0 Å². The second kappa shape index (κ2) is 5.65. The van der Waals surface area contributed by atoms with E-state index in [1.54, 1.807) is 0 Å². The lowest BCUT2D eigenvalue weighted by atomic mass is 9.77. The predicted molar refractivity (Wildman–Crippen MR) is 90.4 cm³/mol. The Balaban J connectivity index is 1.85. The third-order valence-corrected chi connectivity index (χ3v) is 5.63. The Morgan fingerprint density at radius 2 is 2.17 bits per heavy atom. The number of para-hydroxylation sites is 1. The molecule has 0 aliphatic carbocycles. The molecule has 2 aromatic rings. The zero-order valence-corrected chi connectivity index (χ0v) is 14.0. The number of ether oxygens (including phenoxy) is 1. The molecule has 126 valence electrons. The molecule has 0 spiro atoms. The van der Waals surface area contributed by atoms with Gasteiger partial charge in [-0.25, -0.2) is 0 Å². The Hall–Kier alpha value is -2.30. The average Bonchev–Trinajstić information content (AvgIpc) is 3.00. The molecule has 1 fully saturated rings. The summed E-state index contributed by atoms with van der Waals surface area (Å²) in [5.74, 6) is -0.435. The van der Waals surface area contributed by atoms with Crippen LogP contribution in [0.5, 0.6) is 0 Å². The van der Waals surface area contributed by atoms with E-state index in [0.717, 1.165) is 24.1 Å². The minimum atomic E-state index is -0.301. The molecular formula is C19H22N2O3. The molecule has 3 heterocycles. The number of methoxy groups -OCH3 is 1. The van der Waals surface area contributed by atoms with Crippen LogP contribution >= 0.6 is 0 Å². The van der Waals surface area contributed by atoms with E-state index in [0.29, 0.717) is 13.0 Å². The number of aromatic nitrogens is 1. The molecule has 24 heavy (non-hydrogen) atoms. The summed E-state index contributed by atoms with van der Waals surface area (Å²) in [5.41, 5.74) is 3.32. The molecule has 0 radical (unpaired) electrons. The van der Waals surface area contributed by atoms with Gasteiger partial charge in [0.2, 0.25) is 5.91 Å². The van der Waals surface area contributed by atoms with Crippen molar-refractivity contribution in [2.45, 2.75) is 32.2 Å². The Morgan fingerprint density at radius 1 is 1.38 bits per heavy atom. The lowest BCUT2D eigenvalue weighted by molar-refractivity contribution is -0.159. The maximum absolute atomic E-state index is 12.8. The largest absolute Gasteiger partial charge is 0.469 e. The quantitative estimate of drug-likeness (QED) is 0.863. The Bertz CT molecular complexity index is 810. The second-order valence-electron chi connectivity index (χ2n) is 6.76. The summed E-state index contributed by atoms with van der Waals surface area (Å²) in [5, 5.41) is 1.20. The van der Waals surface area contributed by atoms with Gasteiger partial charge in [0.25, 0.3) is 0 Å². The Morgan fingerprint density at radius 3 is 2.92 bits per heavy atom. The summed E-state index contributed by atoms with van der Waals surface area (Å²) in [7, 11) is 1.43. The van der Waals surface area contributed by atoms with Gasteiger partial charge >= 0.3 is 5.97 Å². The SMILES string of the molecule is CC[C@@H]1C[C@H](C(=O)OC)[C@@H]2c3[nH]c4ccccc4c3CCN2C1=O. The van der Waals surface area contributed by atoms with Crippen LogP contribution in [0.25, 0.3) is 10.9 Å². The highest BCUT2D eigenvalue weighted by atomic mass is 16.5. The molecule has 5 nitrogen and oxygen atoms in total. The van der Waals surface area contributed by atoms with Crippen LogP contribution in [-0.4, -0.2) is 35.4 Å². The first kappa shape index (κ1) is 15.2. The topological polar surface area (TPSA) is 62.4 Å². The van der Waals surface area contributed by atoms with Gasteiger partial charge in [0, 0.05) is 29.1 Å². The Labute approximate surface area is 141 Å². The van der Waals surface area contributed by atoms with Gasteiger partial charge in [0.1, 0.15) is 0 Å². The monoisotopic (exact) mass is 326 g/mol. The number of nitrogens with zero attached hydrogens (tertiary/aromatic N) is 1. The zero-order chi connectivity index (χ0) is 16.8. The predicted octanol–water partition coefficient (Wildman–Crippen LogP) is 2.81. The number of rotatable bonds is 2. The van der Waals surface area contributed by atoms with Crippen molar-refractivity contribution in [3.8, 4) is 0 Å². The first-order chi connectivity index (χ1) is 11.7. The number of hydrogen-bond donors (Lipinski definition) is 1. The summed E-state index contributed by atoms with van der Waals surface area (Å²) in [6, 6.07) is 7.94. The average molecular weight is 326 g/mol. The van der Waals surface area contributed by atoms with Crippen molar-refractivity contribution in [1.82, 2.24) is 9.88 Å². The number of hydrogen-bond acceptors (Lipinski definition) is 3. The number of carbonyl (C=O) groups is 2. The second-order valence-corrected chi connectivity index (χ2v) is 6.76. The zero-order valence-electron chi connectivity index (χ0n) is 14.0. The lowest BCUT2D eigenvalue weighted by Gasteiger charge is -2.45. The van der Waals surface area contributed by atoms with E-state index in [1.165, 1.54) is 18.1 Å². The highest BCUT2D eigenvalue weighted by Gasteiger charge is 2.48. The summed E-state index contributed by atoms with van der Waals surface area (Å²) in [6.07, 6.45) is 2.15. The molecule has 0 saturated carbocycles. The number of aromatic amines is 1. The number of carbonyl (C=O) groups excluding carboxylic acids is 2. The summed E-state index contributed by atoms with van der Waals surface area (Å²) < 4.78 is 5.07. The van der Waals surface area contributed by atoms with E-state index in [-0.39, 0.29) is 29.8 Å². The van der Waals surface area contributed by atoms with E-state index in [9.17, 15) is 9.59 Å². The third kappa shape index (κ3) is 2.07. The van der Waals surface area contributed by atoms with E-state index < -0.39 is 0 Å². The van der Waals surface area contributed by atoms with E-state index in [1.807, 2.05) is 30.0 Å². The highest BCUT2D eigenvalue weighted by Crippen LogP contribution is 2.45. The van der Waals surface area contributed by atoms with Crippen LogP contribution < -0.4 is 0 Å². The summed E-state index contributed by atoms with van der Waals surface area (Å²) in [6.45, 7) is 2.68. The van der Waals surface area contributed by atoms with Crippen molar-refractivity contribution in [3.63, 3.8) is 0 Å². The smallest absolute Gasteiger partial charge is 0.311 e. The molecule has 2 aliphatic heterocycles. The van der Waals surface area contributed by atoms with Gasteiger partial charge in [0.05, 0.1) is 19.1 Å². The van der Waals surface area contributed by atoms with Gasteiger partial charge in [-0.05, 0) is 30.9 Å². The molecule has 2 aliphatic rings. The fourth-order valence-corrected chi connectivity index (χ4v) is 4.42. The van der Waals surface area contributed by atoms with Crippen molar-refractivity contribution >= 4 is 22.8 Å². The molecular weight excluding hydrogens is 304 g/mol. The highest BCUT2D eigenvalue weighted by molar-refractivity contribution is 5.88. The Kier molecular flexibility index (Phi) is 3.59. The van der Waals surface area contributed by atoms with Crippen molar-refractivity contribution in [3.05, 3.63) is 35.5 Å². The first-order valence-corrected chi connectivity index (χ1v) is 8.63. The number of esters is 1. The van der Waals surface area contributed by atoms with Crippen LogP contribution in [0.15, 0.2) is 24.3 Å². The van der Waals surface area contributed by atoms with Crippen LogP contribution in [0.3, 0.4) is 0 Å². The molecule has 5 heteroatoms.